The van der Waals surface area contributed by atoms with Crippen LogP contribution in [0.25, 0.3) is 10.9 Å². The number of hydrogen-bond acceptors (Lipinski definition) is 1. The van der Waals surface area contributed by atoms with Crippen molar-refractivity contribution in [2.45, 2.75) is 19.8 Å². The number of carbonyl (C=O) groups is 1. The lowest BCUT2D eigenvalue weighted by Gasteiger charge is -1.98. The molecule has 16 heavy (non-hydrogen) atoms. The van der Waals surface area contributed by atoms with Gasteiger partial charge in [0.2, 0.25) is 0 Å². The standard InChI is InChI=1S/C12H12FNO2/c1-7-9(4-5-12(15)16)10-3-2-8(13)6-11(10)14-7/h2-3,6,14H,4-5H2,1H3,(H,15,16). The van der Waals surface area contributed by atoms with Gasteiger partial charge < -0.3 is 10.1 Å². The molecule has 1 aromatic carbocycles. The Morgan fingerprint density at radius 3 is 2.94 bits per heavy atom. The summed E-state index contributed by atoms with van der Waals surface area (Å²) in [7, 11) is 0. The fraction of sp³-hybridized carbons (Fsp3) is 0.250. The van der Waals surface area contributed by atoms with Crippen LogP contribution in [0.2, 0.25) is 0 Å². The largest absolute Gasteiger partial charge is 0.481 e. The third-order valence-corrected chi connectivity index (χ3v) is 2.67. The quantitative estimate of drug-likeness (QED) is 0.837. The molecule has 0 saturated carbocycles. The van der Waals surface area contributed by atoms with Crippen molar-refractivity contribution in [3.05, 3.63) is 35.3 Å². The van der Waals surface area contributed by atoms with Crippen molar-refractivity contribution in [1.82, 2.24) is 4.98 Å². The SMILES string of the molecule is Cc1[nH]c2cc(F)ccc2c1CCC(=O)O. The van der Waals surface area contributed by atoms with Crippen LogP contribution in [0.5, 0.6) is 0 Å². The summed E-state index contributed by atoms with van der Waals surface area (Å²) in [5.74, 6) is -1.12. The Morgan fingerprint density at radius 1 is 1.50 bits per heavy atom. The van der Waals surface area contributed by atoms with Gasteiger partial charge in [0.15, 0.2) is 0 Å². The van der Waals surface area contributed by atoms with Gasteiger partial charge in [-0.05, 0) is 37.1 Å². The number of benzene rings is 1. The van der Waals surface area contributed by atoms with Crippen LogP contribution in [-0.4, -0.2) is 16.1 Å². The molecule has 0 atom stereocenters. The first-order valence-electron chi connectivity index (χ1n) is 5.06. The first kappa shape index (κ1) is 10.7. The molecule has 0 aliphatic heterocycles. The second-order valence-corrected chi connectivity index (χ2v) is 3.81. The van der Waals surface area contributed by atoms with E-state index in [0.717, 1.165) is 22.2 Å². The van der Waals surface area contributed by atoms with Crippen LogP contribution in [0.15, 0.2) is 18.2 Å². The van der Waals surface area contributed by atoms with E-state index >= 15 is 0 Å². The van der Waals surface area contributed by atoms with E-state index in [0.29, 0.717) is 6.42 Å². The molecule has 1 heterocycles. The number of aryl methyl sites for hydroxylation is 2. The summed E-state index contributed by atoms with van der Waals surface area (Å²) in [5.41, 5.74) is 2.58. The second kappa shape index (κ2) is 3.96. The smallest absolute Gasteiger partial charge is 0.303 e. The Hall–Kier alpha value is -1.84. The lowest BCUT2D eigenvalue weighted by atomic mass is 10.1. The van der Waals surface area contributed by atoms with Gasteiger partial charge in [0.1, 0.15) is 5.82 Å². The summed E-state index contributed by atoms with van der Waals surface area (Å²) < 4.78 is 13.0. The molecular weight excluding hydrogens is 209 g/mol. The van der Waals surface area contributed by atoms with E-state index in [9.17, 15) is 9.18 Å². The minimum atomic E-state index is -0.823. The van der Waals surface area contributed by atoms with Gasteiger partial charge in [0.25, 0.3) is 0 Å². The number of fused-ring (bicyclic) bond motifs is 1. The van der Waals surface area contributed by atoms with Gasteiger partial charge in [0.05, 0.1) is 0 Å². The van der Waals surface area contributed by atoms with Crippen LogP contribution in [0.1, 0.15) is 17.7 Å². The molecule has 2 aromatic rings. The minimum Gasteiger partial charge on any atom is -0.481 e. The van der Waals surface area contributed by atoms with E-state index in [1.54, 1.807) is 6.07 Å². The number of aliphatic carboxylic acids is 1. The number of aromatic amines is 1. The number of carboxylic acid groups (broad SMARTS) is 1. The number of carboxylic acids is 1. The van der Waals surface area contributed by atoms with Gasteiger partial charge in [-0.25, -0.2) is 4.39 Å². The summed E-state index contributed by atoms with van der Waals surface area (Å²) in [6.07, 6.45) is 0.554. The summed E-state index contributed by atoms with van der Waals surface area (Å²) in [4.78, 5) is 13.6. The molecular formula is C12H12FNO2. The summed E-state index contributed by atoms with van der Waals surface area (Å²) in [6.45, 7) is 1.87. The molecule has 84 valence electrons. The third-order valence-electron chi connectivity index (χ3n) is 2.67. The Balaban J connectivity index is 2.43. The molecule has 0 spiro atoms. The molecule has 1 aromatic heterocycles. The van der Waals surface area contributed by atoms with Crippen molar-refractivity contribution < 1.29 is 14.3 Å². The summed E-state index contributed by atoms with van der Waals surface area (Å²) in [5, 5.41) is 9.55. The van der Waals surface area contributed by atoms with E-state index < -0.39 is 5.97 Å². The number of aromatic nitrogens is 1. The van der Waals surface area contributed by atoms with Crippen molar-refractivity contribution in [2.75, 3.05) is 0 Å². The van der Waals surface area contributed by atoms with Gasteiger partial charge in [-0.15, -0.1) is 0 Å². The lowest BCUT2D eigenvalue weighted by molar-refractivity contribution is -0.136. The highest BCUT2D eigenvalue weighted by Gasteiger charge is 2.10. The molecule has 0 fully saturated rings. The van der Waals surface area contributed by atoms with Gasteiger partial charge in [-0.2, -0.15) is 0 Å². The third kappa shape index (κ3) is 1.91. The van der Waals surface area contributed by atoms with Gasteiger partial charge >= 0.3 is 5.97 Å². The molecule has 0 saturated heterocycles. The molecule has 0 radical (unpaired) electrons. The van der Waals surface area contributed by atoms with Crippen LogP contribution in [0, 0.1) is 12.7 Å². The van der Waals surface area contributed by atoms with Gasteiger partial charge in [-0.3, -0.25) is 4.79 Å². The highest BCUT2D eigenvalue weighted by atomic mass is 19.1. The zero-order chi connectivity index (χ0) is 11.7. The summed E-state index contributed by atoms with van der Waals surface area (Å²) >= 11 is 0. The molecule has 0 amide bonds. The van der Waals surface area contributed by atoms with Crippen LogP contribution in [0.4, 0.5) is 4.39 Å². The van der Waals surface area contributed by atoms with E-state index in [2.05, 4.69) is 4.98 Å². The van der Waals surface area contributed by atoms with Crippen LogP contribution >= 0.6 is 0 Å². The first-order chi connectivity index (χ1) is 7.58. The van der Waals surface area contributed by atoms with E-state index in [4.69, 9.17) is 5.11 Å². The maximum absolute atomic E-state index is 13.0. The van der Waals surface area contributed by atoms with Crippen LogP contribution < -0.4 is 0 Å². The van der Waals surface area contributed by atoms with Crippen molar-refractivity contribution in [3.8, 4) is 0 Å². The van der Waals surface area contributed by atoms with E-state index in [1.165, 1.54) is 12.1 Å². The van der Waals surface area contributed by atoms with Crippen LogP contribution in [-0.2, 0) is 11.2 Å². The van der Waals surface area contributed by atoms with Gasteiger partial charge in [-0.1, -0.05) is 0 Å². The van der Waals surface area contributed by atoms with Crippen molar-refractivity contribution >= 4 is 16.9 Å². The number of H-pyrrole nitrogens is 1. The molecule has 0 aliphatic carbocycles. The molecule has 0 unspecified atom stereocenters. The fourth-order valence-corrected chi connectivity index (χ4v) is 1.92. The minimum absolute atomic E-state index is 0.0885. The predicted molar refractivity (Wildman–Crippen MR) is 59.0 cm³/mol. The van der Waals surface area contributed by atoms with Crippen LogP contribution in [0.3, 0.4) is 0 Å². The average Bonchev–Trinajstić information content (AvgIpc) is 2.50. The van der Waals surface area contributed by atoms with Crippen molar-refractivity contribution in [2.24, 2.45) is 0 Å². The fourth-order valence-electron chi connectivity index (χ4n) is 1.92. The topological polar surface area (TPSA) is 53.1 Å². The maximum Gasteiger partial charge on any atom is 0.303 e. The summed E-state index contributed by atoms with van der Waals surface area (Å²) in [6, 6.07) is 4.50. The van der Waals surface area contributed by atoms with Crippen molar-refractivity contribution in [1.29, 1.82) is 0 Å². The lowest BCUT2D eigenvalue weighted by Crippen LogP contribution is -1.97. The molecule has 2 rings (SSSR count). The monoisotopic (exact) mass is 221 g/mol. The van der Waals surface area contributed by atoms with E-state index in [-0.39, 0.29) is 12.2 Å². The average molecular weight is 221 g/mol. The second-order valence-electron chi connectivity index (χ2n) is 3.81. The molecule has 0 bridgehead atoms. The number of hydrogen-bond donors (Lipinski definition) is 2. The molecule has 0 aliphatic rings. The Labute approximate surface area is 91.9 Å². The molecule has 4 heteroatoms. The van der Waals surface area contributed by atoms with Gasteiger partial charge in [0, 0.05) is 23.0 Å². The number of nitrogens with one attached hydrogen (secondary N) is 1. The Kier molecular flexibility index (Phi) is 2.64. The Bertz CT molecular complexity index is 545. The Morgan fingerprint density at radius 2 is 2.25 bits per heavy atom. The van der Waals surface area contributed by atoms with Crippen molar-refractivity contribution in [3.63, 3.8) is 0 Å². The number of halogens is 1. The van der Waals surface area contributed by atoms with E-state index in [1.807, 2.05) is 6.92 Å². The normalized spacial score (nSPS) is 10.9. The highest BCUT2D eigenvalue weighted by molar-refractivity contribution is 5.85. The first-order valence-corrected chi connectivity index (χ1v) is 5.06. The predicted octanol–water partition coefficient (Wildman–Crippen LogP) is 2.63. The zero-order valence-corrected chi connectivity index (χ0v) is 8.88. The number of rotatable bonds is 3. The maximum atomic E-state index is 13.0. The highest BCUT2D eigenvalue weighted by Crippen LogP contribution is 2.24. The zero-order valence-electron chi connectivity index (χ0n) is 8.88. The molecule has 2 N–H and O–H groups in total. The molecule has 3 nitrogen and oxygen atoms in total.